The lowest BCUT2D eigenvalue weighted by Gasteiger charge is -1.97. The van der Waals surface area contributed by atoms with Gasteiger partial charge in [-0.25, -0.2) is 0 Å². The van der Waals surface area contributed by atoms with Crippen molar-refractivity contribution in [3.05, 3.63) is 35.0 Å². The SMILES string of the molecule is NC=C1C(=O)Nc2ccc(Cl)cc21. The van der Waals surface area contributed by atoms with Crippen molar-refractivity contribution >= 4 is 28.8 Å². The van der Waals surface area contributed by atoms with Crippen LogP contribution in [0.15, 0.2) is 24.4 Å². The van der Waals surface area contributed by atoms with Gasteiger partial charge in [0.1, 0.15) is 0 Å². The van der Waals surface area contributed by atoms with E-state index in [1.54, 1.807) is 18.2 Å². The molecule has 66 valence electrons. The Morgan fingerprint density at radius 3 is 2.92 bits per heavy atom. The molecule has 1 aliphatic heterocycles. The Labute approximate surface area is 80.2 Å². The first-order chi connectivity index (χ1) is 6.22. The highest BCUT2D eigenvalue weighted by Gasteiger charge is 2.23. The normalized spacial score (nSPS) is 17.3. The molecule has 0 fully saturated rings. The van der Waals surface area contributed by atoms with Crippen LogP contribution in [-0.2, 0) is 4.79 Å². The molecule has 0 unspecified atom stereocenters. The third-order valence-electron chi connectivity index (χ3n) is 1.93. The molecule has 0 saturated carbocycles. The second kappa shape index (κ2) is 2.78. The van der Waals surface area contributed by atoms with Gasteiger partial charge in [-0.15, -0.1) is 0 Å². The summed E-state index contributed by atoms with van der Waals surface area (Å²) in [5.41, 5.74) is 7.31. The Morgan fingerprint density at radius 1 is 1.46 bits per heavy atom. The molecule has 1 aromatic carbocycles. The summed E-state index contributed by atoms with van der Waals surface area (Å²) in [5.74, 6) is -0.181. The average Bonchev–Trinajstić information content (AvgIpc) is 2.40. The number of nitrogens with one attached hydrogen (secondary N) is 1. The number of anilines is 1. The van der Waals surface area contributed by atoms with E-state index in [9.17, 15) is 4.79 Å². The molecule has 1 amide bonds. The molecule has 0 saturated heterocycles. The van der Waals surface area contributed by atoms with Gasteiger partial charge in [0.25, 0.3) is 5.91 Å². The fourth-order valence-corrected chi connectivity index (χ4v) is 1.50. The molecule has 3 nitrogen and oxygen atoms in total. The third-order valence-corrected chi connectivity index (χ3v) is 2.17. The minimum absolute atomic E-state index is 0.181. The Hall–Kier alpha value is -1.48. The number of hydrogen-bond acceptors (Lipinski definition) is 2. The van der Waals surface area contributed by atoms with Crippen molar-refractivity contribution in [1.29, 1.82) is 0 Å². The van der Waals surface area contributed by atoms with Crippen molar-refractivity contribution < 1.29 is 4.79 Å². The molecule has 0 bridgehead atoms. The number of fused-ring (bicyclic) bond motifs is 1. The Kier molecular flexibility index (Phi) is 1.74. The van der Waals surface area contributed by atoms with Gasteiger partial charge in [-0.3, -0.25) is 4.79 Å². The standard InChI is InChI=1S/C9H7ClN2O/c10-5-1-2-8-6(3-5)7(4-11)9(13)12-8/h1-4H,11H2,(H,12,13). The molecule has 4 heteroatoms. The van der Waals surface area contributed by atoms with E-state index in [0.717, 1.165) is 11.3 Å². The fourth-order valence-electron chi connectivity index (χ4n) is 1.33. The van der Waals surface area contributed by atoms with Crippen LogP contribution in [0.2, 0.25) is 5.02 Å². The first-order valence-corrected chi connectivity index (χ1v) is 4.13. The number of carbonyl (C=O) groups is 1. The summed E-state index contributed by atoms with van der Waals surface area (Å²) in [6.07, 6.45) is 1.29. The fraction of sp³-hybridized carbons (Fsp3) is 0. The van der Waals surface area contributed by atoms with Gasteiger partial charge < -0.3 is 11.1 Å². The van der Waals surface area contributed by atoms with Gasteiger partial charge in [0, 0.05) is 22.5 Å². The van der Waals surface area contributed by atoms with E-state index in [4.69, 9.17) is 17.3 Å². The van der Waals surface area contributed by atoms with Crippen molar-refractivity contribution in [1.82, 2.24) is 0 Å². The molecule has 13 heavy (non-hydrogen) atoms. The molecule has 0 atom stereocenters. The van der Waals surface area contributed by atoms with E-state index in [0.29, 0.717) is 10.6 Å². The maximum atomic E-state index is 11.3. The summed E-state index contributed by atoms with van der Waals surface area (Å²) in [6.45, 7) is 0. The zero-order valence-corrected chi connectivity index (χ0v) is 7.43. The number of rotatable bonds is 0. The smallest absolute Gasteiger partial charge is 0.257 e. The third kappa shape index (κ3) is 1.17. The monoisotopic (exact) mass is 194 g/mol. The predicted octanol–water partition coefficient (Wildman–Crippen LogP) is 1.59. The van der Waals surface area contributed by atoms with Crippen LogP contribution in [-0.4, -0.2) is 5.91 Å². The summed E-state index contributed by atoms with van der Waals surface area (Å²) in [7, 11) is 0. The molecule has 1 heterocycles. The molecule has 3 N–H and O–H groups in total. The van der Waals surface area contributed by atoms with Crippen molar-refractivity contribution in [3.63, 3.8) is 0 Å². The molecule has 0 aliphatic carbocycles. The van der Waals surface area contributed by atoms with Gasteiger partial charge in [-0.05, 0) is 18.2 Å². The summed E-state index contributed by atoms with van der Waals surface area (Å²) in [6, 6.07) is 5.19. The first-order valence-electron chi connectivity index (χ1n) is 3.75. The maximum Gasteiger partial charge on any atom is 0.257 e. The van der Waals surface area contributed by atoms with E-state index in [-0.39, 0.29) is 5.91 Å². The van der Waals surface area contributed by atoms with E-state index in [2.05, 4.69) is 5.32 Å². The number of benzene rings is 1. The molecule has 2 rings (SSSR count). The van der Waals surface area contributed by atoms with E-state index in [1.807, 2.05) is 0 Å². The number of nitrogens with two attached hydrogens (primary N) is 1. The van der Waals surface area contributed by atoms with Crippen LogP contribution in [0.5, 0.6) is 0 Å². The number of halogens is 1. The molecule has 1 aromatic rings. The van der Waals surface area contributed by atoms with Gasteiger partial charge in [0.15, 0.2) is 0 Å². The number of amides is 1. The first kappa shape index (κ1) is 8.13. The summed E-state index contributed by atoms with van der Waals surface area (Å²) in [5, 5.41) is 3.27. The van der Waals surface area contributed by atoms with E-state index >= 15 is 0 Å². The van der Waals surface area contributed by atoms with Crippen LogP contribution >= 0.6 is 11.6 Å². The highest BCUT2D eigenvalue weighted by molar-refractivity contribution is 6.34. The molecular weight excluding hydrogens is 188 g/mol. The second-order valence-electron chi connectivity index (χ2n) is 2.72. The quantitative estimate of drug-likeness (QED) is 0.617. The van der Waals surface area contributed by atoms with Crippen LogP contribution in [0.3, 0.4) is 0 Å². The van der Waals surface area contributed by atoms with Crippen LogP contribution in [0, 0.1) is 0 Å². The van der Waals surface area contributed by atoms with Crippen molar-refractivity contribution in [2.45, 2.75) is 0 Å². The lowest BCUT2D eigenvalue weighted by atomic mass is 10.1. The molecule has 1 aliphatic rings. The Bertz CT molecular complexity index is 412. The lowest BCUT2D eigenvalue weighted by molar-refractivity contribution is -0.110. The Morgan fingerprint density at radius 2 is 2.23 bits per heavy atom. The van der Waals surface area contributed by atoms with Crippen LogP contribution in [0.25, 0.3) is 5.57 Å². The summed E-state index contributed by atoms with van der Waals surface area (Å²) < 4.78 is 0. The van der Waals surface area contributed by atoms with E-state index < -0.39 is 0 Å². The minimum Gasteiger partial charge on any atom is -0.404 e. The van der Waals surface area contributed by atoms with Crippen LogP contribution in [0.4, 0.5) is 5.69 Å². The Balaban J connectivity index is 2.63. The highest BCUT2D eigenvalue weighted by atomic mass is 35.5. The number of hydrogen-bond donors (Lipinski definition) is 2. The lowest BCUT2D eigenvalue weighted by Crippen LogP contribution is -2.04. The predicted molar refractivity (Wildman–Crippen MR) is 52.2 cm³/mol. The van der Waals surface area contributed by atoms with Crippen molar-refractivity contribution in [2.24, 2.45) is 5.73 Å². The average molecular weight is 195 g/mol. The second-order valence-corrected chi connectivity index (χ2v) is 3.16. The molecule has 0 radical (unpaired) electrons. The number of carbonyl (C=O) groups excluding carboxylic acids is 1. The summed E-state index contributed by atoms with van der Waals surface area (Å²) >= 11 is 5.79. The zero-order chi connectivity index (χ0) is 9.42. The minimum atomic E-state index is -0.181. The topological polar surface area (TPSA) is 55.1 Å². The van der Waals surface area contributed by atoms with Crippen LogP contribution in [0.1, 0.15) is 5.56 Å². The largest absolute Gasteiger partial charge is 0.404 e. The summed E-state index contributed by atoms with van der Waals surface area (Å²) in [4.78, 5) is 11.3. The van der Waals surface area contributed by atoms with Gasteiger partial charge in [0.2, 0.25) is 0 Å². The molecule has 0 aromatic heterocycles. The van der Waals surface area contributed by atoms with Crippen LogP contribution < -0.4 is 11.1 Å². The van der Waals surface area contributed by atoms with E-state index in [1.165, 1.54) is 6.20 Å². The zero-order valence-electron chi connectivity index (χ0n) is 6.67. The van der Waals surface area contributed by atoms with Crippen molar-refractivity contribution in [2.75, 3.05) is 5.32 Å². The van der Waals surface area contributed by atoms with Crippen molar-refractivity contribution in [3.8, 4) is 0 Å². The van der Waals surface area contributed by atoms with Gasteiger partial charge >= 0.3 is 0 Å². The highest BCUT2D eigenvalue weighted by Crippen LogP contribution is 2.32. The van der Waals surface area contributed by atoms with Gasteiger partial charge in [-0.1, -0.05) is 11.6 Å². The van der Waals surface area contributed by atoms with Gasteiger partial charge in [0.05, 0.1) is 5.57 Å². The van der Waals surface area contributed by atoms with Gasteiger partial charge in [-0.2, -0.15) is 0 Å². The molecule has 0 spiro atoms. The maximum absolute atomic E-state index is 11.3. The molecular formula is C9H7ClN2O.